The fourth-order valence-electron chi connectivity index (χ4n) is 4.26. The minimum Gasteiger partial charge on any atom is -0.369 e. The predicted molar refractivity (Wildman–Crippen MR) is 112 cm³/mol. The normalized spacial score (nSPS) is 20.9. The maximum absolute atomic E-state index is 13.1. The van der Waals surface area contributed by atoms with Crippen LogP contribution >= 0.6 is 11.6 Å². The van der Waals surface area contributed by atoms with Crippen molar-refractivity contribution in [1.82, 2.24) is 4.90 Å². The number of aryl methyl sites for hydroxylation is 2. The van der Waals surface area contributed by atoms with Crippen molar-refractivity contribution >= 4 is 34.8 Å². The molecule has 0 N–H and O–H groups in total. The zero-order valence-electron chi connectivity index (χ0n) is 16.2. The third kappa shape index (κ3) is 3.40. The third-order valence-electron chi connectivity index (χ3n) is 5.71. The summed E-state index contributed by atoms with van der Waals surface area (Å²) in [4.78, 5) is 31.7. The van der Waals surface area contributed by atoms with Gasteiger partial charge in [0.1, 0.15) is 0 Å². The maximum Gasteiger partial charge on any atom is 0.251 e. The Morgan fingerprint density at radius 2 is 1.57 bits per heavy atom. The molecular weight excluding hydrogens is 374 g/mol. The number of rotatable bonds is 3. The fraction of sp³-hybridized carbons (Fsp3) is 0.364. The van der Waals surface area contributed by atoms with Gasteiger partial charge in [-0.3, -0.25) is 14.5 Å². The lowest BCUT2D eigenvalue weighted by molar-refractivity contribution is -0.123. The van der Waals surface area contributed by atoms with Crippen LogP contribution in [-0.4, -0.2) is 48.9 Å². The highest BCUT2D eigenvalue weighted by atomic mass is 35.5. The van der Waals surface area contributed by atoms with Gasteiger partial charge in [-0.1, -0.05) is 35.9 Å². The largest absolute Gasteiger partial charge is 0.369 e. The van der Waals surface area contributed by atoms with E-state index in [1.165, 1.54) is 4.90 Å². The number of nitrogens with zero attached hydrogens (tertiary/aromatic N) is 3. The van der Waals surface area contributed by atoms with Gasteiger partial charge in [-0.15, -0.1) is 0 Å². The van der Waals surface area contributed by atoms with Crippen LogP contribution in [0.15, 0.2) is 42.5 Å². The number of anilines is 2. The van der Waals surface area contributed by atoms with Gasteiger partial charge in [0.25, 0.3) is 5.91 Å². The fourth-order valence-corrected chi connectivity index (χ4v) is 4.44. The van der Waals surface area contributed by atoms with E-state index in [2.05, 4.69) is 15.9 Å². The Labute approximate surface area is 170 Å². The van der Waals surface area contributed by atoms with Gasteiger partial charge < -0.3 is 4.90 Å². The van der Waals surface area contributed by atoms with E-state index < -0.39 is 0 Å². The van der Waals surface area contributed by atoms with E-state index in [4.69, 9.17) is 11.6 Å². The molecular formula is C22H24ClN3O2. The van der Waals surface area contributed by atoms with Crippen molar-refractivity contribution in [1.29, 1.82) is 0 Å². The predicted octanol–water partition coefficient (Wildman–Crippen LogP) is 3.41. The van der Waals surface area contributed by atoms with E-state index in [1.807, 2.05) is 50.2 Å². The Morgan fingerprint density at radius 1 is 0.929 bits per heavy atom. The summed E-state index contributed by atoms with van der Waals surface area (Å²) < 4.78 is 0. The monoisotopic (exact) mass is 397 g/mol. The summed E-state index contributed by atoms with van der Waals surface area (Å²) in [5, 5.41) is 0.723. The lowest BCUT2D eigenvalue weighted by Crippen LogP contribution is -2.52. The van der Waals surface area contributed by atoms with E-state index in [0.717, 1.165) is 53.7 Å². The molecule has 0 aliphatic carbocycles. The van der Waals surface area contributed by atoms with Crippen LogP contribution in [0.4, 0.5) is 11.4 Å². The van der Waals surface area contributed by atoms with Gasteiger partial charge in [-0.2, -0.15) is 0 Å². The van der Waals surface area contributed by atoms with Crippen LogP contribution in [0.25, 0.3) is 0 Å². The van der Waals surface area contributed by atoms with Crippen LogP contribution in [-0.2, 0) is 9.59 Å². The molecule has 1 atom stereocenters. The molecule has 146 valence electrons. The number of carbonyl (C=O) groups is 2. The van der Waals surface area contributed by atoms with Crippen LogP contribution < -0.4 is 9.80 Å². The number of hydrogen-bond donors (Lipinski definition) is 0. The molecule has 2 aliphatic heterocycles. The summed E-state index contributed by atoms with van der Waals surface area (Å²) in [6.07, 6.45) is 0.254. The summed E-state index contributed by atoms with van der Waals surface area (Å²) in [7, 11) is 0. The molecule has 2 aliphatic rings. The third-order valence-corrected chi connectivity index (χ3v) is 5.95. The standard InChI is InChI=1S/C22H24ClN3O2/c1-15-5-3-6-16(2)21(15)26-20(27)14-19(22(26)28)25-11-9-24(10-12-25)18-8-4-7-17(23)13-18/h3-8,13,19H,9-12,14H2,1-2H3/t19-/m0/s1. The molecule has 0 bridgehead atoms. The molecule has 0 radical (unpaired) electrons. The molecule has 2 aromatic rings. The van der Waals surface area contributed by atoms with Gasteiger partial charge in [0.05, 0.1) is 18.2 Å². The molecule has 0 spiro atoms. The minimum absolute atomic E-state index is 0.0985. The molecule has 4 rings (SSSR count). The second-order valence-electron chi connectivity index (χ2n) is 7.53. The molecule has 2 fully saturated rings. The van der Waals surface area contributed by atoms with Gasteiger partial charge in [-0.25, -0.2) is 4.90 Å². The van der Waals surface area contributed by atoms with Crippen LogP contribution in [0.2, 0.25) is 5.02 Å². The topological polar surface area (TPSA) is 43.9 Å². The summed E-state index contributed by atoms with van der Waals surface area (Å²) in [6.45, 7) is 7.00. The Hall–Kier alpha value is -2.37. The average Bonchev–Trinajstić information content (AvgIpc) is 2.97. The highest BCUT2D eigenvalue weighted by Gasteiger charge is 2.44. The summed E-state index contributed by atoms with van der Waals surface area (Å²) in [6, 6.07) is 13.3. The van der Waals surface area contributed by atoms with Crippen molar-refractivity contribution in [3.8, 4) is 0 Å². The summed E-state index contributed by atoms with van der Waals surface area (Å²) in [5.74, 6) is -0.205. The first kappa shape index (κ1) is 19.0. The second kappa shape index (κ2) is 7.57. The van der Waals surface area contributed by atoms with Crippen molar-refractivity contribution in [2.45, 2.75) is 26.3 Å². The molecule has 28 heavy (non-hydrogen) atoms. The SMILES string of the molecule is Cc1cccc(C)c1N1C(=O)C[C@H](N2CCN(c3cccc(Cl)c3)CC2)C1=O. The van der Waals surface area contributed by atoms with Gasteiger partial charge in [-0.05, 0) is 43.2 Å². The van der Waals surface area contributed by atoms with E-state index >= 15 is 0 Å². The molecule has 2 saturated heterocycles. The zero-order valence-corrected chi connectivity index (χ0v) is 16.9. The molecule has 0 aromatic heterocycles. The first-order valence-electron chi connectivity index (χ1n) is 9.63. The average molecular weight is 398 g/mol. The lowest BCUT2D eigenvalue weighted by Gasteiger charge is -2.38. The molecule has 6 heteroatoms. The van der Waals surface area contributed by atoms with Gasteiger partial charge >= 0.3 is 0 Å². The lowest BCUT2D eigenvalue weighted by atomic mass is 10.1. The van der Waals surface area contributed by atoms with E-state index in [0.29, 0.717) is 0 Å². The number of halogens is 1. The molecule has 5 nitrogen and oxygen atoms in total. The number of imide groups is 1. The number of amides is 2. The first-order chi connectivity index (χ1) is 13.5. The van der Waals surface area contributed by atoms with E-state index in [9.17, 15) is 9.59 Å². The van der Waals surface area contributed by atoms with E-state index in [1.54, 1.807) is 0 Å². The molecule has 0 saturated carbocycles. The van der Waals surface area contributed by atoms with Gasteiger partial charge in [0, 0.05) is 36.9 Å². The van der Waals surface area contributed by atoms with Crippen molar-refractivity contribution in [3.63, 3.8) is 0 Å². The number of piperazine rings is 1. The molecule has 0 unspecified atom stereocenters. The summed E-state index contributed by atoms with van der Waals surface area (Å²) in [5.41, 5.74) is 3.75. The first-order valence-corrected chi connectivity index (χ1v) is 10.0. The van der Waals surface area contributed by atoms with Crippen molar-refractivity contribution in [2.75, 3.05) is 36.0 Å². The molecule has 2 heterocycles. The van der Waals surface area contributed by atoms with Crippen LogP contribution in [0.5, 0.6) is 0 Å². The van der Waals surface area contributed by atoms with Crippen molar-refractivity contribution in [3.05, 3.63) is 58.6 Å². The highest BCUT2D eigenvalue weighted by Crippen LogP contribution is 2.32. The minimum atomic E-state index is -0.368. The Bertz CT molecular complexity index is 901. The van der Waals surface area contributed by atoms with Gasteiger partial charge in [0.15, 0.2) is 0 Å². The number of para-hydroxylation sites is 1. The maximum atomic E-state index is 13.1. The van der Waals surface area contributed by atoms with Gasteiger partial charge in [0.2, 0.25) is 5.91 Å². The van der Waals surface area contributed by atoms with Crippen LogP contribution in [0, 0.1) is 13.8 Å². The van der Waals surface area contributed by atoms with Crippen LogP contribution in [0.3, 0.4) is 0 Å². The van der Waals surface area contributed by atoms with Crippen molar-refractivity contribution in [2.24, 2.45) is 0 Å². The zero-order chi connectivity index (χ0) is 19.8. The molecule has 2 aromatic carbocycles. The number of hydrogen-bond acceptors (Lipinski definition) is 4. The van der Waals surface area contributed by atoms with Crippen LogP contribution in [0.1, 0.15) is 17.5 Å². The quantitative estimate of drug-likeness (QED) is 0.744. The highest BCUT2D eigenvalue weighted by molar-refractivity contribution is 6.30. The van der Waals surface area contributed by atoms with E-state index in [-0.39, 0.29) is 24.3 Å². The Kier molecular flexibility index (Phi) is 5.13. The van der Waals surface area contributed by atoms with Crippen molar-refractivity contribution < 1.29 is 9.59 Å². The number of benzene rings is 2. The Balaban J connectivity index is 1.48. The molecule has 2 amide bonds. The Morgan fingerprint density at radius 3 is 2.21 bits per heavy atom. The number of carbonyl (C=O) groups excluding carboxylic acids is 2. The summed E-state index contributed by atoms with van der Waals surface area (Å²) >= 11 is 6.11. The second-order valence-corrected chi connectivity index (χ2v) is 7.97. The smallest absolute Gasteiger partial charge is 0.251 e.